The number of benzene rings is 1. The van der Waals surface area contributed by atoms with Gasteiger partial charge in [-0.3, -0.25) is 0 Å². The number of nitrogens with zero attached hydrogens (tertiary/aromatic N) is 1. The maximum atomic E-state index is 12.8. The summed E-state index contributed by atoms with van der Waals surface area (Å²) in [6.45, 7) is 2.59. The average molecular weight is 346 g/mol. The van der Waals surface area contributed by atoms with Gasteiger partial charge in [0.2, 0.25) is 10.0 Å². The molecule has 2 N–H and O–H groups in total. The predicted molar refractivity (Wildman–Crippen MR) is 84.7 cm³/mol. The Balaban J connectivity index is 2.44. The zero-order chi connectivity index (χ0) is 16.5. The van der Waals surface area contributed by atoms with Gasteiger partial charge in [0.1, 0.15) is 4.90 Å². The van der Waals surface area contributed by atoms with Crippen LogP contribution < -0.4 is 5.73 Å². The standard InChI is InChI=1S/C14H22N2O4S2/c1-11(15)12-6-5-9-16(10-12)22(19,20)14-8-4-3-7-13(14)21(2,17)18/h3-4,7-8,11-12H,5-6,9-10,15H2,1-2H3. The molecule has 1 aliphatic rings. The van der Waals surface area contributed by atoms with Gasteiger partial charge in [-0.15, -0.1) is 0 Å². The number of rotatable bonds is 4. The Morgan fingerprint density at radius 1 is 1.18 bits per heavy atom. The lowest BCUT2D eigenvalue weighted by atomic mass is 9.93. The summed E-state index contributed by atoms with van der Waals surface area (Å²) in [7, 11) is -7.46. The SMILES string of the molecule is CC(N)C1CCCN(S(=O)(=O)c2ccccc2S(C)(=O)=O)C1. The second kappa shape index (κ2) is 6.27. The molecule has 8 heteroatoms. The molecule has 1 aromatic carbocycles. The van der Waals surface area contributed by atoms with Crippen LogP contribution in [0.2, 0.25) is 0 Å². The molecule has 0 aromatic heterocycles. The monoisotopic (exact) mass is 346 g/mol. The van der Waals surface area contributed by atoms with Crippen molar-refractivity contribution in [3.8, 4) is 0 Å². The summed E-state index contributed by atoms with van der Waals surface area (Å²) >= 11 is 0. The van der Waals surface area contributed by atoms with Gasteiger partial charge >= 0.3 is 0 Å². The molecule has 0 saturated carbocycles. The number of hydrogen-bond acceptors (Lipinski definition) is 5. The van der Waals surface area contributed by atoms with Crippen LogP contribution in [-0.2, 0) is 19.9 Å². The molecular formula is C14H22N2O4S2. The van der Waals surface area contributed by atoms with Crippen molar-refractivity contribution >= 4 is 19.9 Å². The van der Waals surface area contributed by atoms with Crippen molar-refractivity contribution in [1.29, 1.82) is 0 Å². The number of hydrogen-bond donors (Lipinski definition) is 1. The normalized spacial score (nSPS) is 22.4. The minimum atomic E-state index is -3.84. The molecule has 6 nitrogen and oxygen atoms in total. The van der Waals surface area contributed by atoms with Crippen LogP contribution in [0, 0.1) is 5.92 Å². The highest BCUT2D eigenvalue weighted by Gasteiger charge is 2.34. The molecule has 0 spiro atoms. The summed E-state index contributed by atoms with van der Waals surface area (Å²) in [4.78, 5) is -0.305. The van der Waals surface area contributed by atoms with Gasteiger partial charge in [-0.25, -0.2) is 16.8 Å². The number of sulfone groups is 1. The quantitative estimate of drug-likeness (QED) is 0.871. The van der Waals surface area contributed by atoms with Crippen LogP contribution in [0.1, 0.15) is 19.8 Å². The van der Waals surface area contributed by atoms with Crippen molar-refractivity contribution < 1.29 is 16.8 Å². The van der Waals surface area contributed by atoms with Gasteiger partial charge in [-0.1, -0.05) is 12.1 Å². The lowest BCUT2D eigenvalue weighted by Gasteiger charge is -2.34. The van der Waals surface area contributed by atoms with E-state index in [0.29, 0.717) is 13.1 Å². The van der Waals surface area contributed by atoms with Crippen LogP contribution in [0.4, 0.5) is 0 Å². The van der Waals surface area contributed by atoms with E-state index in [4.69, 9.17) is 5.73 Å². The van der Waals surface area contributed by atoms with Gasteiger partial charge in [0.15, 0.2) is 9.84 Å². The summed E-state index contributed by atoms with van der Waals surface area (Å²) in [5, 5.41) is 0. The Kier molecular flexibility index (Phi) is 4.96. The molecular weight excluding hydrogens is 324 g/mol. The van der Waals surface area contributed by atoms with Crippen molar-refractivity contribution in [2.45, 2.75) is 35.6 Å². The maximum Gasteiger partial charge on any atom is 0.244 e. The topological polar surface area (TPSA) is 97.5 Å². The smallest absolute Gasteiger partial charge is 0.244 e. The zero-order valence-corrected chi connectivity index (χ0v) is 14.4. The highest BCUT2D eigenvalue weighted by molar-refractivity contribution is 7.93. The Morgan fingerprint density at radius 2 is 1.77 bits per heavy atom. The van der Waals surface area contributed by atoms with Crippen LogP contribution >= 0.6 is 0 Å². The maximum absolute atomic E-state index is 12.8. The van der Waals surface area contributed by atoms with E-state index in [-0.39, 0.29) is 21.8 Å². The van der Waals surface area contributed by atoms with Gasteiger partial charge < -0.3 is 5.73 Å². The van der Waals surface area contributed by atoms with E-state index in [1.165, 1.54) is 28.6 Å². The van der Waals surface area contributed by atoms with Crippen molar-refractivity contribution in [3.05, 3.63) is 24.3 Å². The third-order valence-corrected chi connectivity index (χ3v) is 7.24. The molecule has 0 bridgehead atoms. The van der Waals surface area contributed by atoms with Crippen molar-refractivity contribution in [1.82, 2.24) is 4.31 Å². The van der Waals surface area contributed by atoms with Crippen LogP contribution in [0.3, 0.4) is 0 Å². The molecule has 2 rings (SSSR count). The first kappa shape index (κ1) is 17.4. The Hall–Kier alpha value is -0.960. The molecule has 0 aliphatic carbocycles. The molecule has 1 aromatic rings. The van der Waals surface area contributed by atoms with Gasteiger partial charge in [0, 0.05) is 25.4 Å². The van der Waals surface area contributed by atoms with E-state index in [1.807, 2.05) is 6.92 Å². The summed E-state index contributed by atoms with van der Waals surface area (Å²) < 4.78 is 50.7. The second-order valence-corrected chi connectivity index (χ2v) is 9.73. The fraction of sp³-hybridized carbons (Fsp3) is 0.571. The lowest BCUT2D eigenvalue weighted by Crippen LogP contribution is -2.45. The Labute approximate surface area is 132 Å². The molecule has 22 heavy (non-hydrogen) atoms. The van der Waals surface area contributed by atoms with Crippen LogP contribution in [0.15, 0.2) is 34.1 Å². The molecule has 1 heterocycles. The van der Waals surface area contributed by atoms with Crippen LogP contribution in [-0.4, -0.2) is 46.5 Å². The molecule has 1 aliphatic heterocycles. The van der Waals surface area contributed by atoms with E-state index in [2.05, 4.69) is 0 Å². The lowest BCUT2D eigenvalue weighted by molar-refractivity contribution is 0.243. The molecule has 1 fully saturated rings. The molecule has 124 valence electrons. The Bertz CT molecular complexity index is 742. The summed E-state index contributed by atoms with van der Waals surface area (Å²) in [5.41, 5.74) is 5.89. The highest BCUT2D eigenvalue weighted by atomic mass is 32.2. The first-order valence-corrected chi connectivity index (χ1v) is 10.5. The molecule has 2 unspecified atom stereocenters. The van der Waals surface area contributed by atoms with Gasteiger partial charge in [0.05, 0.1) is 4.90 Å². The minimum Gasteiger partial charge on any atom is -0.328 e. The van der Waals surface area contributed by atoms with Crippen LogP contribution in [0.25, 0.3) is 0 Å². The third kappa shape index (κ3) is 3.51. The minimum absolute atomic E-state index is 0.0916. The fourth-order valence-corrected chi connectivity index (χ4v) is 5.87. The molecule has 2 atom stereocenters. The van der Waals surface area contributed by atoms with E-state index < -0.39 is 19.9 Å². The average Bonchev–Trinajstić information content (AvgIpc) is 2.46. The van der Waals surface area contributed by atoms with Crippen molar-refractivity contribution in [2.75, 3.05) is 19.3 Å². The van der Waals surface area contributed by atoms with E-state index in [9.17, 15) is 16.8 Å². The van der Waals surface area contributed by atoms with Crippen molar-refractivity contribution in [2.24, 2.45) is 11.7 Å². The van der Waals surface area contributed by atoms with Crippen LogP contribution in [0.5, 0.6) is 0 Å². The van der Waals surface area contributed by atoms with Gasteiger partial charge in [0.25, 0.3) is 0 Å². The number of piperidine rings is 1. The van der Waals surface area contributed by atoms with E-state index >= 15 is 0 Å². The summed E-state index contributed by atoms with van der Waals surface area (Å²) in [5.74, 6) is 0.0916. The second-order valence-electron chi connectivity index (χ2n) is 5.84. The van der Waals surface area contributed by atoms with E-state index in [1.54, 1.807) is 0 Å². The molecule has 0 amide bonds. The summed E-state index contributed by atoms with van der Waals surface area (Å²) in [6, 6.07) is 5.64. The van der Waals surface area contributed by atoms with Crippen molar-refractivity contribution in [3.63, 3.8) is 0 Å². The molecule has 1 saturated heterocycles. The van der Waals surface area contributed by atoms with Gasteiger partial charge in [-0.2, -0.15) is 4.31 Å². The Morgan fingerprint density at radius 3 is 2.32 bits per heavy atom. The van der Waals surface area contributed by atoms with Gasteiger partial charge in [-0.05, 0) is 37.8 Å². The molecule has 0 radical (unpaired) electrons. The zero-order valence-electron chi connectivity index (χ0n) is 12.8. The third-order valence-electron chi connectivity index (χ3n) is 4.03. The first-order valence-electron chi connectivity index (χ1n) is 7.19. The number of nitrogens with two attached hydrogens (primary N) is 1. The predicted octanol–water partition coefficient (Wildman–Crippen LogP) is 0.838. The largest absolute Gasteiger partial charge is 0.328 e. The fourth-order valence-electron chi connectivity index (χ4n) is 2.73. The summed E-state index contributed by atoms with van der Waals surface area (Å²) in [6.07, 6.45) is 2.63. The van der Waals surface area contributed by atoms with E-state index in [0.717, 1.165) is 19.1 Å². The number of sulfonamides is 1. The highest BCUT2D eigenvalue weighted by Crippen LogP contribution is 2.28. The first-order chi connectivity index (χ1) is 10.1.